The molecule has 7 heteroatoms. The maximum absolute atomic E-state index is 13.0. The van der Waals surface area contributed by atoms with Crippen LogP contribution in [0.1, 0.15) is 17.0 Å². The van der Waals surface area contributed by atoms with Crippen LogP contribution in [-0.2, 0) is 13.1 Å². The van der Waals surface area contributed by atoms with Gasteiger partial charge in [-0.3, -0.25) is 0 Å². The molecule has 0 amide bonds. The molecule has 0 bridgehead atoms. The Labute approximate surface area is 151 Å². The van der Waals surface area contributed by atoms with Gasteiger partial charge in [0.15, 0.2) is 5.82 Å². The number of quaternary nitrogens is 1. The van der Waals surface area contributed by atoms with Gasteiger partial charge in [0.1, 0.15) is 18.9 Å². The van der Waals surface area contributed by atoms with Crippen LogP contribution in [0.2, 0.25) is 0 Å². The molecular weight excluding hydrogens is 331 g/mol. The molecule has 2 aromatic carbocycles. The van der Waals surface area contributed by atoms with E-state index in [4.69, 9.17) is 5.73 Å². The Balaban J connectivity index is 1.70. The van der Waals surface area contributed by atoms with Crippen molar-refractivity contribution in [2.24, 2.45) is 0 Å². The first kappa shape index (κ1) is 17.8. The Bertz CT molecular complexity index is 881. The molecule has 0 aliphatic heterocycles. The fourth-order valence-corrected chi connectivity index (χ4v) is 2.69. The van der Waals surface area contributed by atoms with Crippen molar-refractivity contribution >= 4 is 17.6 Å². The summed E-state index contributed by atoms with van der Waals surface area (Å²) in [4.78, 5) is 14.0. The molecule has 0 radical (unpaired) electrons. The van der Waals surface area contributed by atoms with Crippen LogP contribution in [0.5, 0.6) is 0 Å². The summed E-state index contributed by atoms with van der Waals surface area (Å²) in [6, 6.07) is 14.4. The van der Waals surface area contributed by atoms with Crippen LogP contribution in [0, 0.1) is 12.7 Å². The molecular formula is C19H22FN6+. The number of anilines is 3. The minimum atomic E-state index is -0.233. The van der Waals surface area contributed by atoms with Crippen molar-refractivity contribution in [3.05, 3.63) is 71.3 Å². The lowest BCUT2D eigenvalue weighted by molar-refractivity contribution is -0.908. The van der Waals surface area contributed by atoms with Gasteiger partial charge in [0.2, 0.25) is 11.9 Å². The van der Waals surface area contributed by atoms with E-state index in [1.807, 2.05) is 38.2 Å². The molecule has 1 heterocycles. The van der Waals surface area contributed by atoms with E-state index in [-0.39, 0.29) is 11.8 Å². The van der Waals surface area contributed by atoms with Crippen LogP contribution >= 0.6 is 0 Å². The molecule has 3 rings (SSSR count). The van der Waals surface area contributed by atoms with Gasteiger partial charge in [-0.05, 0) is 30.7 Å². The van der Waals surface area contributed by atoms with Crippen molar-refractivity contribution in [2.75, 3.05) is 18.1 Å². The Morgan fingerprint density at radius 3 is 2.46 bits per heavy atom. The number of hydrogen-bond donors (Lipinski definition) is 3. The highest BCUT2D eigenvalue weighted by Gasteiger charge is 2.11. The lowest BCUT2D eigenvalue weighted by Crippen LogP contribution is -3.06. The number of nitrogens with two attached hydrogens (primary N) is 1. The topological polar surface area (TPSA) is 81.2 Å². The summed E-state index contributed by atoms with van der Waals surface area (Å²) in [5.41, 5.74) is 8.91. The largest absolute Gasteiger partial charge is 0.368 e. The second-order valence-electron chi connectivity index (χ2n) is 6.31. The van der Waals surface area contributed by atoms with Crippen LogP contribution in [0.25, 0.3) is 0 Å². The standard InChI is InChI=1S/C19H21FN6/c1-13-5-3-4-6-16(13)22-19-24-17(23-18(21)25-19)12-26(2)11-14-7-9-15(20)10-8-14/h3-10H,11-12H2,1-2H3,(H3,21,22,23,24,25)/p+1. The lowest BCUT2D eigenvalue weighted by atomic mass is 10.2. The van der Waals surface area contributed by atoms with Gasteiger partial charge in [-0.2, -0.15) is 15.0 Å². The van der Waals surface area contributed by atoms with E-state index in [9.17, 15) is 4.39 Å². The van der Waals surface area contributed by atoms with Crippen LogP contribution in [-0.4, -0.2) is 22.0 Å². The normalized spacial score (nSPS) is 12.0. The molecule has 6 nitrogen and oxygen atoms in total. The predicted molar refractivity (Wildman–Crippen MR) is 99.4 cm³/mol. The predicted octanol–water partition coefficient (Wildman–Crippen LogP) is 1.86. The van der Waals surface area contributed by atoms with Crippen LogP contribution in [0.4, 0.5) is 22.0 Å². The molecule has 0 saturated heterocycles. The molecule has 3 aromatic rings. The monoisotopic (exact) mass is 353 g/mol. The molecule has 134 valence electrons. The first-order chi connectivity index (χ1) is 12.5. The zero-order valence-corrected chi connectivity index (χ0v) is 14.8. The summed E-state index contributed by atoms with van der Waals surface area (Å²) in [5, 5.41) is 3.19. The number of halogens is 1. The van der Waals surface area contributed by atoms with E-state index < -0.39 is 0 Å². The maximum Gasteiger partial charge on any atom is 0.232 e. The third kappa shape index (κ3) is 4.73. The van der Waals surface area contributed by atoms with Crippen molar-refractivity contribution in [3.63, 3.8) is 0 Å². The smallest absolute Gasteiger partial charge is 0.232 e. The third-order valence-electron chi connectivity index (χ3n) is 3.97. The lowest BCUT2D eigenvalue weighted by Gasteiger charge is -2.14. The molecule has 0 fully saturated rings. The fraction of sp³-hybridized carbons (Fsp3) is 0.211. The second-order valence-corrected chi connectivity index (χ2v) is 6.31. The van der Waals surface area contributed by atoms with Crippen LogP contribution in [0.15, 0.2) is 48.5 Å². The van der Waals surface area contributed by atoms with E-state index in [2.05, 4.69) is 20.3 Å². The zero-order valence-electron chi connectivity index (χ0n) is 14.8. The van der Waals surface area contributed by atoms with Gasteiger partial charge in [0.05, 0.1) is 7.05 Å². The molecule has 0 saturated carbocycles. The maximum atomic E-state index is 13.0. The first-order valence-electron chi connectivity index (χ1n) is 8.38. The minimum absolute atomic E-state index is 0.181. The molecule has 26 heavy (non-hydrogen) atoms. The van der Waals surface area contributed by atoms with E-state index >= 15 is 0 Å². The minimum Gasteiger partial charge on any atom is -0.368 e. The first-order valence-corrected chi connectivity index (χ1v) is 8.38. The number of nitrogens with zero attached hydrogens (tertiary/aromatic N) is 3. The van der Waals surface area contributed by atoms with Crippen molar-refractivity contribution < 1.29 is 9.29 Å². The number of rotatable bonds is 6. The van der Waals surface area contributed by atoms with Crippen molar-refractivity contribution in [3.8, 4) is 0 Å². The average Bonchev–Trinajstić information content (AvgIpc) is 2.58. The molecule has 1 aromatic heterocycles. The Morgan fingerprint density at radius 2 is 1.73 bits per heavy atom. The number of para-hydroxylation sites is 1. The summed E-state index contributed by atoms with van der Waals surface area (Å²) >= 11 is 0. The molecule has 0 aliphatic rings. The summed E-state index contributed by atoms with van der Waals surface area (Å²) in [7, 11) is 2.03. The summed E-state index contributed by atoms with van der Waals surface area (Å²) in [6.45, 7) is 3.31. The summed E-state index contributed by atoms with van der Waals surface area (Å²) in [6.07, 6.45) is 0. The second kappa shape index (κ2) is 7.88. The van der Waals surface area contributed by atoms with E-state index in [1.165, 1.54) is 12.1 Å². The van der Waals surface area contributed by atoms with Gasteiger partial charge in [0, 0.05) is 11.3 Å². The zero-order chi connectivity index (χ0) is 18.5. The van der Waals surface area contributed by atoms with Gasteiger partial charge in [-0.15, -0.1) is 0 Å². The van der Waals surface area contributed by atoms with E-state index in [0.29, 0.717) is 18.3 Å². The van der Waals surface area contributed by atoms with Crippen molar-refractivity contribution in [1.29, 1.82) is 0 Å². The van der Waals surface area contributed by atoms with Crippen LogP contribution < -0.4 is 16.0 Å². The van der Waals surface area contributed by atoms with E-state index in [0.717, 1.165) is 28.3 Å². The van der Waals surface area contributed by atoms with Gasteiger partial charge in [-0.1, -0.05) is 30.3 Å². The highest BCUT2D eigenvalue weighted by Crippen LogP contribution is 2.17. The van der Waals surface area contributed by atoms with Crippen molar-refractivity contribution in [1.82, 2.24) is 15.0 Å². The van der Waals surface area contributed by atoms with E-state index in [1.54, 1.807) is 12.1 Å². The summed E-state index contributed by atoms with van der Waals surface area (Å²) in [5.74, 6) is 0.980. The quantitative estimate of drug-likeness (QED) is 0.630. The molecule has 0 aliphatic carbocycles. The van der Waals surface area contributed by atoms with Gasteiger partial charge < -0.3 is 16.0 Å². The molecule has 1 unspecified atom stereocenters. The number of aromatic nitrogens is 3. The number of hydrogen-bond acceptors (Lipinski definition) is 5. The Hall–Kier alpha value is -3.06. The van der Waals surface area contributed by atoms with Crippen LogP contribution in [0.3, 0.4) is 0 Å². The number of benzene rings is 2. The number of nitrogen functional groups attached to an aromatic ring is 1. The highest BCUT2D eigenvalue weighted by molar-refractivity contribution is 5.58. The highest BCUT2D eigenvalue weighted by atomic mass is 19.1. The Morgan fingerprint density at radius 1 is 1.00 bits per heavy atom. The van der Waals surface area contributed by atoms with Gasteiger partial charge >= 0.3 is 0 Å². The summed E-state index contributed by atoms with van der Waals surface area (Å²) < 4.78 is 13.0. The SMILES string of the molecule is Cc1ccccc1Nc1nc(N)nc(C[NH+](C)Cc2ccc(F)cc2)n1. The molecule has 1 atom stereocenters. The average molecular weight is 353 g/mol. The Kier molecular flexibility index (Phi) is 5.38. The number of nitrogens with one attached hydrogen (secondary N) is 2. The third-order valence-corrected chi connectivity index (χ3v) is 3.97. The molecule has 4 N–H and O–H groups in total. The fourth-order valence-electron chi connectivity index (χ4n) is 2.69. The van der Waals surface area contributed by atoms with Crippen molar-refractivity contribution in [2.45, 2.75) is 20.0 Å². The molecule has 0 spiro atoms. The van der Waals surface area contributed by atoms with Gasteiger partial charge in [-0.25, -0.2) is 4.39 Å². The van der Waals surface area contributed by atoms with Gasteiger partial charge in [0.25, 0.3) is 0 Å². The number of aryl methyl sites for hydroxylation is 1.